The molecule has 1 aromatic rings. The van der Waals surface area contributed by atoms with Gasteiger partial charge in [0.25, 0.3) is 0 Å². The summed E-state index contributed by atoms with van der Waals surface area (Å²) in [6.45, 7) is 4.91. The minimum absolute atomic E-state index is 0.239. The lowest BCUT2D eigenvalue weighted by molar-refractivity contribution is 0.175. The van der Waals surface area contributed by atoms with E-state index in [2.05, 4.69) is 37.9 Å². The number of aromatic nitrogens is 1. The molecule has 1 aliphatic heterocycles. The number of aliphatic hydroxyl groups excluding tert-OH is 1. The molecule has 1 saturated heterocycles. The molecule has 4 heteroatoms. The first kappa shape index (κ1) is 12.8. The lowest BCUT2D eigenvalue weighted by atomic mass is 10.1. The predicted molar refractivity (Wildman–Crippen MR) is 73.3 cm³/mol. The first-order chi connectivity index (χ1) is 8.08. The summed E-state index contributed by atoms with van der Waals surface area (Å²) in [5.41, 5.74) is 1.02. The average Bonchev–Trinajstić information content (AvgIpc) is 2.69. The molecule has 2 atom stereocenters. The number of pyridine rings is 1. The van der Waals surface area contributed by atoms with Crippen molar-refractivity contribution in [2.75, 3.05) is 11.4 Å². The van der Waals surface area contributed by atoms with E-state index in [0.717, 1.165) is 35.4 Å². The molecule has 0 saturated carbocycles. The molecular weight excluding hydrogens is 280 g/mol. The van der Waals surface area contributed by atoms with Gasteiger partial charge in [-0.05, 0) is 61.2 Å². The maximum absolute atomic E-state index is 9.52. The third-order valence-corrected chi connectivity index (χ3v) is 4.13. The third kappa shape index (κ3) is 2.99. The first-order valence-corrected chi connectivity index (χ1v) is 6.95. The number of hydrogen-bond donors (Lipinski definition) is 1. The van der Waals surface area contributed by atoms with E-state index < -0.39 is 0 Å². The minimum atomic E-state index is -0.239. The van der Waals surface area contributed by atoms with Crippen molar-refractivity contribution in [1.82, 2.24) is 4.98 Å². The van der Waals surface area contributed by atoms with Gasteiger partial charge in [-0.2, -0.15) is 0 Å². The predicted octanol–water partition coefficient (Wildman–Crippen LogP) is 2.89. The minimum Gasteiger partial charge on any atom is -0.393 e. The Balaban J connectivity index is 2.17. The Morgan fingerprint density at radius 3 is 3.00 bits per heavy atom. The number of nitrogens with zero attached hydrogens (tertiary/aromatic N) is 2. The van der Waals surface area contributed by atoms with E-state index in [1.807, 2.05) is 13.8 Å². The molecule has 94 valence electrons. The number of hydrogen-bond acceptors (Lipinski definition) is 3. The maximum Gasteiger partial charge on any atom is 0.129 e. The fourth-order valence-corrected chi connectivity index (χ4v) is 2.69. The van der Waals surface area contributed by atoms with E-state index in [9.17, 15) is 5.11 Å². The van der Waals surface area contributed by atoms with Crippen molar-refractivity contribution >= 4 is 21.7 Å². The summed E-state index contributed by atoms with van der Waals surface area (Å²) >= 11 is 3.47. The molecule has 3 nitrogen and oxygen atoms in total. The summed E-state index contributed by atoms with van der Waals surface area (Å²) in [7, 11) is 0. The lowest BCUT2D eigenvalue weighted by Crippen LogP contribution is -2.32. The average molecular weight is 299 g/mol. The van der Waals surface area contributed by atoms with Gasteiger partial charge in [0.15, 0.2) is 0 Å². The fraction of sp³-hybridized carbons (Fsp3) is 0.615. The number of rotatable bonds is 3. The largest absolute Gasteiger partial charge is 0.393 e. The molecule has 2 unspecified atom stereocenters. The van der Waals surface area contributed by atoms with E-state index in [1.54, 1.807) is 0 Å². The van der Waals surface area contributed by atoms with Gasteiger partial charge in [0, 0.05) is 17.1 Å². The Bertz CT molecular complexity index is 395. The first-order valence-electron chi connectivity index (χ1n) is 6.16. The van der Waals surface area contributed by atoms with Crippen LogP contribution in [-0.2, 0) is 0 Å². The van der Waals surface area contributed by atoms with Crippen molar-refractivity contribution in [2.45, 2.75) is 45.3 Å². The summed E-state index contributed by atoms with van der Waals surface area (Å²) in [6, 6.07) is 4.54. The van der Waals surface area contributed by atoms with Crippen LogP contribution in [0.3, 0.4) is 0 Å². The summed E-state index contributed by atoms with van der Waals surface area (Å²) in [6.07, 6.45) is 2.93. The van der Waals surface area contributed by atoms with Crippen molar-refractivity contribution in [3.05, 3.63) is 22.3 Å². The van der Waals surface area contributed by atoms with E-state index in [1.165, 1.54) is 6.42 Å². The van der Waals surface area contributed by atoms with Gasteiger partial charge < -0.3 is 10.0 Å². The fourth-order valence-electron chi connectivity index (χ4n) is 2.47. The topological polar surface area (TPSA) is 36.4 Å². The van der Waals surface area contributed by atoms with E-state index >= 15 is 0 Å². The summed E-state index contributed by atoms with van der Waals surface area (Å²) < 4.78 is 1.05. The zero-order valence-electron chi connectivity index (χ0n) is 10.4. The van der Waals surface area contributed by atoms with Crippen LogP contribution < -0.4 is 4.90 Å². The molecular formula is C13H19BrN2O. The standard InChI is InChI=1S/C13H19BrN2O/c1-9(17)8-11-4-3-7-16(11)13-6-5-12(14)10(2)15-13/h5-6,9,11,17H,3-4,7-8H2,1-2H3. The van der Waals surface area contributed by atoms with Crippen LogP contribution in [0.4, 0.5) is 5.82 Å². The van der Waals surface area contributed by atoms with Gasteiger partial charge in [0.2, 0.25) is 0 Å². The molecule has 1 fully saturated rings. The van der Waals surface area contributed by atoms with Crippen LogP contribution in [0.1, 0.15) is 31.9 Å². The number of anilines is 1. The second-order valence-corrected chi connectivity index (χ2v) is 5.67. The Hall–Kier alpha value is -0.610. The number of halogens is 1. The van der Waals surface area contributed by atoms with Gasteiger partial charge >= 0.3 is 0 Å². The molecule has 1 aliphatic rings. The van der Waals surface area contributed by atoms with Crippen LogP contribution in [0.2, 0.25) is 0 Å². The molecule has 0 radical (unpaired) electrons. The molecule has 1 aromatic heterocycles. The summed E-state index contributed by atoms with van der Waals surface area (Å²) in [5.74, 6) is 1.04. The Kier molecular flexibility index (Phi) is 4.05. The second kappa shape index (κ2) is 5.36. The SMILES string of the molecule is Cc1nc(N2CCCC2CC(C)O)ccc1Br. The highest BCUT2D eigenvalue weighted by molar-refractivity contribution is 9.10. The van der Waals surface area contributed by atoms with Crippen LogP contribution in [0.15, 0.2) is 16.6 Å². The van der Waals surface area contributed by atoms with Gasteiger partial charge in [-0.15, -0.1) is 0 Å². The highest BCUT2D eigenvalue weighted by Crippen LogP contribution is 2.28. The quantitative estimate of drug-likeness (QED) is 0.932. The maximum atomic E-state index is 9.52. The third-order valence-electron chi connectivity index (χ3n) is 3.29. The molecule has 0 spiro atoms. The zero-order chi connectivity index (χ0) is 12.4. The van der Waals surface area contributed by atoms with Gasteiger partial charge in [-0.25, -0.2) is 4.98 Å². The Morgan fingerprint density at radius 2 is 2.35 bits per heavy atom. The van der Waals surface area contributed by atoms with Crippen molar-refractivity contribution < 1.29 is 5.11 Å². The second-order valence-electron chi connectivity index (χ2n) is 4.81. The smallest absolute Gasteiger partial charge is 0.129 e. The number of aliphatic hydroxyl groups is 1. The van der Waals surface area contributed by atoms with Crippen LogP contribution in [-0.4, -0.2) is 28.8 Å². The van der Waals surface area contributed by atoms with Gasteiger partial charge in [-0.3, -0.25) is 0 Å². The van der Waals surface area contributed by atoms with Crippen molar-refractivity contribution in [2.24, 2.45) is 0 Å². The molecule has 1 N–H and O–H groups in total. The molecule has 0 bridgehead atoms. The monoisotopic (exact) mass is 298 g/mol. The molecule has 2 heterocycles. The molecule has 2 rings (SSSR count). The Morgan fingerprint density at radius 1 is 1.59 bits per heavy atom. The lowest BCUT2D eigenvalue weighted by Gasteiger charge is -2.27. The van der Waals surface area contributed by atoms with Crippen LogP contribution in [0, 0.1) is 6.92 Å². The highest BCUT2D eigenvalue weighted by atomic mass is 79.9. The van der Waals surface area contributed by atoms with Crippen LogP contribution >= 0.6 is 15.9 Å². The van der Waals surface area contributed by atoms with Crippen LogP contribution in [0.5, 0.6) is 0 Å². The zero-order valence-corrected chi connectivity index (χ0v) is 11.9. The van der Waals surface area contributed by atoms with E-state index in [4.69, 9.17) is 0 Å². The Labute approximate surface area is 111 Å². The van der Waals surface area contributed by atoms with Crippen molar-refractivity contribution in [3.63, 3.8) is 0 Å². The number of aryl methyl sites for hydroxylation is 1. The summed E-state index contributed by atoms with van der Waals surface area (Å²) in [4.78, 5) is 6.94. The molecule has 0 aliphatic carbocycles. The van der Waals surface area contributed by atoms with Crippen molar-refractivity contribution in [3.8, 4) is 0 Å². The summed E-state index contributed by atoms with van der Waals surface area (Å²) in [5, 5.41) is 9.52. The van der Waals surface area contributed by atoms with Gasteiger partial charge in [0.05, 0.1) is 11.8 Å². The highest BCUT2D eigenvalue weighted by Gasteiger charge is 2.26. The van der Waals surface area contributed by atoms with Crippen molar-refractivity contribution in [1.29, 1.82) is 0 Å². The van der Waals surface area contributed by atoms with Gasteiger partial charge in [0.1, 0.15) is 5.82 Å². The molecule has 0 aromatic carbocycles. The van der Waals surface area contributed by atoms with E-state index in [-0.39, 0.29) is 6.10 Å². The van der Waals surface area contributed by atoms with E-state index in [0.29, 0.717) is 6.04 Å². The normalized spacial score (nSPS) is 21.9. The van der Waals surface area contributed by atoms with Crippen LogP contribution in [0.25, 0.3) is 0 Å². The van der Waals surface area contributed by atoms with Gasteiger partial charge in [-0.1, -0.05) is 0 Å². The molecule has 0 amide bonds. The molecule has 17 heavy (non-hydrogen) atoms.